The molecule has 5 nitrogen and oxygen atoms in total. The summed E-state index contributed by atoms with van der Waals surface area (Å²) in [7, 11) is 0. The van der Waals surface area contributed by atoms with Crippen LogP contribution in [0.25, 0.3) is 0 Å². The SMILES string of the molecule is CC(C(=O)NN)N1CCC(N2CCCCC2)CC1. The molecule has 2 fully saturated rings. The molecular formula is C13H26N4O. The zero-order valence-corrected chi connectivity index (χ0v) is 11.4. The Morgan fingerprint density at radius 1 is 1.17 bits per heavy atom. The fraction of sp³-hybridized carbons (Fsp3) is 0.923. The van der Waals surface area contributed by atoms with E-state index in [0.29, 0.717) is 0 Å². The molecule has 0 bridgehead atoms. The molecule has 5 heteroatoms. The Labute approximate surface area is 110 Å². The van der Waals surface area contributed by atoms with Crippen molar-refractivity contribution in [1.29, 1.82) is 0 Å². The van der Waals surface area contributed by atoms with Crippen LogP contribution in [-0.2, 0) is 4.79 Å². The first-order valence-electron chi connectivity index (χ1n) is 7.21. The number of carbonyl (C=O) groups excluding carboxylic acids is 1. The summed E-state index contributed by atoms with van der Waals surface area (Å²) in [4.78, 5) is 16.4. The monoisotopic (exact) mass is 254 g/mol. The summed E-state index contributed by atoms with van der Waals surface area (Å²) in [5, 5.41) is 0. The first-order chi connectivity index (χ1) is 8.72. The van der Waals surface area contributed by atoms with E-state index in [0.717, 1.165) is 19.1 Å². The summed E-state index contributed by atoms with van der Waals surface area (Å²) in [6.45, 7) is 6.49. The topological polar surface area (TPSA) is 61.6 Å². The molecule has 1 atom stereocenters. The van der Waals surface area contributed by atoms with E-state index in [-0.39, 0.29) is 11.9 Å². The molecule has 0 spiro atoms. The van der Waals surface area contributed by atoms with E-state index in [1.54, 1.807) is 0 Å². The van der Waals surface area contributed by atoms with E-state index in [2.05, 4.69) is 15.2 Å². The number of nitrogens with zero attached hydrogens (tertiary/aromatic N) is 2. The van der Waals surface area contributed by atoms with E-state index < -0.39 is 0 Å². The first kappa shape index (κ1) is 13.8. The maximum Gasteiger partial charge on any atom is 0.250 e. The average molecular weight is 254 g/mol. The Morgan fingerprint density at radius 2 is 1.78 bits per heavy atom. The Balaban J connectivity index is 1.78. The molecule has 1 unspecified atom stereocenters. The molecule has 0 saturated carbocycles. The van der Waals surface area contributed by atoms with Crippen LogP contribution < -0.4 is 11.3 Å². The molecule has 2 heterocycles. The van der Waals surface area contributed by atoms with E-state index in [1.807, 2.05) is 6.92 Å². The van der Waals surface area contributed by atoms with Gasteiger partial charge in [-0.25, -0.2) is 5.84 Å². The lowest BCUT2D eigenvalue weighted by molar-refractivity contribution is -0.126. The third kappa shape index (κ3) is 3.22. The molecule has 2 aliphatic heterocycles. The third-order valence-corrected chi connectivity index (χ3v) is 4.48. The zero-order chi connectivity index (χ0) is 13.0. The molecule has 2 aliphatic rings. The first-order valence-corrected chi connectivity index (χ1v) is 7.21. The van der Waals surface area contributed by atoms with Gasteiger partial charge in [0.25, 0.3) is 5.91 Å². The van der Waals surface area contributed by atoms with Gasteiger partial charge in [0.05, 0.1) is 6.04 Å². The fourth-order valence-corrected chi connectivity index (χ4v) is 3.21. The van der Waals surface area contributed by atoms with Crippen molar-refractivity contribution >= 4 is 5.91 Å². The number of piperidine rings is 2. The lowest BCUT2D eigenvalue weighted by atomic mass is 9.99. The predicted molar refractivity (Wildman–Crippen MR) is 71.8 cm³/mol. The molecular weight excluding hydrogens is 228 g/mol. The van der Waals surface area contributed by atoms with Crippen LogP contribution in [0.15, 0.2) is 0 Å². The smallest absolute Gasteiger partial charge is 0.250 e. The van der Waals surface area contributed by atoms with Gasteiger partial charge in [-0.15, -0.1) is 0 Å². The van der Waals surface area contributed by atoms with Crippen LogP contribution in [0.3, 0.4) is 0 Å². The molecule has 3 N–H and O–H groups in total. The summed E-state index contributed by atoms with van der Waals surface area (Å²) >= 11 is 0. The molecule has 104 valence electrons. The summed E-state index contributed by atoms with van der Waals surface area (Å²) in [5.74, 6) is 5.11. The second-order valence-electron chi connectivity index (χ2n) is 5.55. The fourth-order valence-electron chi connectivity index (χ4n) is 3.21. The lowest BCUT2D eigenvalue weighted by Gasteiger charge is -2.41. The van der Waals surface area contributed by atoms with Gasteiger partial charge in [-0.2, -0.15) is 0 Å². The van der Waals surface area contributed by atoms with Crippen molar-refractivity contribution in [3.8, 4) is 0 Å². The van der Waals surface area contributed by atoms with Gasteiger partial charge in [0.1, 0.15) is 0 Å². The van der Waals surface area contributed by atoms with Crippen LogP contribution in [0.2, 0.25) is 0 Å². The lowest BCUT2D eigenvalue weighted by Crippen LogP contribution is -2.53. The van der Waals surface area contributed by atoms with Crippen LogP contribution in [0.4, 0.5) is 0 Å². The van der Waals surface area contributed by atoms with E-state index in [9.17, 15) is 4.79 Å². The Kier molecular flexibility index (Phi) is 4.97. The van der Waals surface area contributed by atoms with Crippen molar-refractivity contribution in [2.75, 3.05) is 26.2 Å². The van der Waals surface area contributed by atoms with Crippen molar-refractivity contribution in [3.05, 3.63) is 0 Å². The number of likely N-dealkylation sites (tertiary alicyclic amines) is 2. The minimum atomic E-state index is -0.0997. The minimum Gasteiger partial charge on any atom is -0.300 e. The molecule has 2 saturated heterocycles. The molecule has 0 aliphatic carbocycles. The van der Waals surface area contributed by atoms with Crippen LogP contribution in [0, 0.1) is 0 Å². The Bertz CT molecular complexity index is 270. The highest BCUT2D eigenvalue weighted by molar-refractivity contribution is 5.80. The van der Waals surface area contributed by atoms with Crippen molar-refractivity contribution in [2.45, 2.75) is 51.1 Å². The highest BCUT2D eigenvalue weighted by Gasteiger charge is 2.29. The number of rotatable bonds is 3. The molecule has 2 rings (SSSR count). The number of nitrogens with two attached hydrogens (primary N) is 1. The molecule has 0 aromatic heterocycles. The number of amides is 1. The highest BCUT2D eigenvalue weighted by atomic mass is 16.2. The highest BCUT2D eigenvalue weighted by Crippen LogP contribution is 2.21. The van der Waals surface area contributed by atoms with Crippen LogP contribution in [0.5, 0.6) is 0 Å². The third-order valence-electron chi connectivity index (χ3n) is 4.48. The van der Waals surface area contributed by atoms with Gasteiger partial charge >= 0.3 is 0 Å². The summed E-state index contributed by atoms with van der Waals surface area (Å²) in [6.07, 6.45) is 6.46. The van der Waals surface area contributed by atoms with Crippen molar-refractivity contribution in [2.24, 2.45) is 5.84 Å². The Morgan fingerprint density at radius 3 is 2.33 bits per heavy atom. The summed E-state index contributed by atoms with van der Waals surface area (Å²) in [5.41, 5.74) is 2.25. The van der Waals surface area contributed by atoms with Crippen LogP contribution in [0.1, 0.15) is 39.0 Å². The number of hydrazine groups is 1. The van der Waals surface area contributed by atoms with Crippen molar-refractivity contribution < 1.29 is 4.79 Å². The number of carbonyl (C=O) groups is 1. The van der Waals surface area contributed by atoms with Gasteiger partial charge in [-0.05, 0) is 45.7 Å². The van der Waals surface area contributed by atoms with Crippen LogP contribution in [-0.4, -0.2) is 54.0 Å². The van der Waals surface area contributed by atoms with Crippen molar-refractivity contribution in [3.63, 3.8) is 0 Å². The molecule has 0 radical (unpaired) electrons. The zero-order valence-electron chi connectivity index (χ0n) is 11.4. The van der Waals surface area contributed by atoms with Crippen molar-refractivity contribution in [1.82, 2.24) is 15.2 Å². The second kappa shape index (κ2) is 6.50. The summed E-state index contributed by atoms with van der Waals surface area (Å²) in [6, 6.07) is 0.631. The van der Waals surface area contributed by atoms with Gasteiger partial charge in [0, 0.05) is 19.1 Å². The van der Waals surface area contributed by atoms with Gasteiger partial charge in [-0.3, -0.25) is 15.1 Å². The van der Waals surface area contributed by atoms with Gasteiger partial charge in [-0.1, -0.05) is 6.42 Å². The second-order valence-corrected chi connectivity index (χ2v) is 5.55. The van der Waals surface area contributed by atoms with E-state index in [4.69, 9.17) is 5.84 Å². The Hall–Kier alpha value is -0.650. The van der Waals surface area contributed by atoms with Crippen LogP contribution >= 0.6 is 0 Å². The predicted octanol–water partition coefficient (Wildman–Crippen LogP) is 0.315. The largest absolute Gasteiger partial charge is 0.300 e. The van der Waals surface area contributed by atoms with E-state index in [1.165, 1.54) is 45.2 Å². The summed E-state index contributed by atoms with van der Waals surface area (Å²) < 4.78 is 0. The average Bonchev–Trinajstić information content (AvgIpc) is 2.47. The minimum absolute atomic E-state index is 0.0774. The van der Waals surface area contributed by atoms with E-state index >= 15 is 0 Å². The molecule has 0 aromatic carbocycles. The maximum absolute atomic E-state index is 11.5. The normalized spacial score (nSPS) is 25.9. The standard InChI is InChI=1S/C13H26N4O/c1-11(13(18)15-14)16-9-5-12(6-10-16)17-7-3-2-4-8-17/h11-12H,2-10,14H2,1H3,(H,15,18). The maximum atomic E-state index is 11.5. The van der Waals surface area contributed by atoms with Gasteiger partial charge in [0.2, 0.25) is 0 Å². The number of hydrogen-bond donors (Lipinski definition) is 2. The van der Waals surface area contributed by atoms with Gasteiger partial charge < -0.3 is 4.90 Å². The quantitative estimate of drug-likeness (QED) is 0.432. The molecule has 0 aromatic rings. The number of nitrogens with one attached hydrogen (secondary N) is 1. The molecule has 18 heavy (non-hydrogen) atoms. The molecule has 1 amide bonds. The number of hydrogen-bond acceptors (Lipinski definition) is 4. The van der Waals surface area contributed by atoms with Gasteiger partial charge in [0.15, 0.2) is 0 Å².